The molecule has 48 heavy (non-hydrogen) atoms. The number of phenols is 1. The van der Waals surface area contributed by atoms with Gasteiger partial charge in [-0.05, 0) is 85.4 Å². The lowest BCUT2D eigenvalue weighted by molar-refractivity contribution is -0.181. The summed E-state index contributed by atoms with van der Waals surface area (Å²) in [5.41, 5.74) is 5.82. The van der Waals surface area contributed by atoms with E-state index in [2.05, 4.69) is 5.32 Å². The first-order valence-electron chi connectivity index (χ1n) is 15.6. The SMILES string of the molecule is COc1ccc(CNCc2cccc(F)c2)cc1-c1ccc(O)c2c1CC1CC3C(N(C)C)C(=O)C(C(N)=O)C(=O)C3(O)C(=O)C1C2=O. The fourth-order valence-electron chi connectivity index (χ4n) is 7.93. The summed E-state index contributed by atoms with van der Waals surface area (Å²) >= 11 is 0. The van der Waals surface area contributed by atoms with Crippen LogP contribution < -0.4 is 15.8 Å². The number of amides is 1. The molecule has 0 aliphatic heterocycles. The molecule has 0 spiro atoms. The number of ketones is 4. The third-order valence-corrected chi connectivity index (χ3v) is 10.0. The number of ether oxygens (including phenoxy) is 1. The van der Waals surface area contributed by atoms with Gasteiger partial charge in [0.2, 0.25) is 5.91 Å². The predicted molar refractivity (Wildman–Crippen MR) is 170 cm³/mol. The standard InChI is InChI=1S/C36H36FN3O8/c1-40(2)30-24-14-19-13-23-21(22-12-18(7-10-26(22)48-3)16-39-15-17-5-4-6-20(37)11-17)8-9-25(41)28(23)31(42)27(19)33(44)36(24,47)34(45)29(32(30)43)35(38)46/h4-12,19,24,27,29-30,39,41,47H,13-16H2,1-3H3,(H2,38,46). The molecule has 2 fully saturated rings. The number of aromatic hydroxyl groups is 1. The van der Waals surface area contributed by atoms with E-state index in [1.807, 2.05) is 18.2 Å². The van der Waals surface area contributed by atoms with Crippen molar-refractivity contribution >= 4 is 29.0 Å². The highest BCUT2D eigenvalue weighted by molar-refractivity contribution is 6.32. The smallest absolute Gasteiger partial charge is 0.235 e. The number of hydrogen-bond donors (Lipinski definition) is 4. The molecule has 2 saturated carbocycles. The number of nitrogens with two attached hydrogens (primary N) is 1. The van der Waals surface area contributed by atoms with Gasteiger partial charge in [0, 0.05) is 24.6 Å². The molecule has 6 atom stereocenters. The van der Waals surface area contributed by atoms with Gasteiger partial charge in [-0.3, -0.25) is 28.9 Å². The number of primary amides is 1. The van der Waals surface area contributed by atoms with Gasteiger partial charge in [0.15, 0.2) is 34.7 Å². The van der Waals surface area contributed by atoms with Crippen LogP contribution in [0, 0.1) is 29.5 Å². The van der Waals surface area contributed by atoms with E-state index in [0.29, 0.717) is 35.5 Å². The van der Waals surface area contributed by atoms with E-state index in [-0.39, 0.29) is 30.0 Å². The highest BCUT2D eigenvalue weighted by Crippen LogP contribution is 2.52. The van der Waals surface area contributed by atoms with Gasteiger partial charge in [0.25, 0.3) is 0 Å². The van der Waals surface area contributed by atoms with E-state index >= 15 is 0 Å². The van der Waals surface area contributed by atoms with Crippen molar-refractivity contribution < 1.29 is 43.3 Å². The summed E-state index contributed by atoms with van der Waals surface area (Å²) in [5.74, 6) is -10.9. The normalized spacial score (nSPS) is 26.6. The van der Waals surface area contributed by atoms with Crippen LogP contribution in [0.3, 0.4) is 0 Å². The lowest BCUT2D eigenvalue weighted by Crippen LogP contribution is -2.74. The lowest BCUT2D eigenvalue weighted by Gasteiger charge is -2.52. The Bertz CT molecular complexity index is 1880. The molecule has 12 heteroatoms. The molecule has 0 radical (unpaired) electrons. The second kappa shape index (κ2) is 12.3. The highest BCUT2D eigenvalue weighted by atomic mass is 19.1. The van der Waals surface area contributed by atoms with E-state index in [9.17, 15) is 38.6 Å². The number of phenolic OH excluding ortho intramolecular Hbond substituents is 1. The number of Topliss-reactive ketones (excluding diaryl/α,β-unsaturated/α-hetero) is 4. The molecule has 5 N–H and O–H groups in total. The zero-order valence-electron chi connectivity index (χ0n) is 26.7. The molecule has 6 rings (SSSR count). The van der Waals surface area contributed by atoms with Crippen molar-refractivity contribution in [2.45, 2.75) is 37.6 Å². The number of halogens is 1. The second-order valence-electron chi connectivity index (χ2n) is 13.0. The van der Waals surface area contributed by atoms with Crippen LogP contribution in [0.15, 0.2) is 54.6 Å². The average molecular weight is 658 g/mol. The van der Waals surface area contributed by atoms with Gasteiger partial charge in [-0.1, -0.05) is 24.3 Å². The zero-order valence-corrected chi connectivity index (χ0v) is 26.7. The van der Waals surface area contributed by atoms with E-state index in [0.717, 1.165) is 11.1 Å². The Kier molecular flexibility index (Phi) is 8.52. The van der Waals surface area contributed by atoms with Crippen molar-refractivity contribution in [3.63, 3.8) is 0 Å². The summed E-state index contributed by atoms with van der Waals surface area (Å²) in [4.78, 5) is 68.8. The molecule has 6 unspecified atom stereocenters. The Balaban J connectivity index is 1.39. The minimum absolute atomic E-state index is 0.0554. The van der Waals surface area contributed by atoms with E-state index < -0.39 is 64.4 Å². The molecular formula is C36H36FN3O8. The quantitative estimate of drug-likeness (QED) is 0.262. The Morgan fingerprint density at radius 2 is 1.73 bits per heavy atom. The molecular weight excluding hydrogens is 621 g/mol. The number of hydrogen-bond acceptors (Lipinski definition) is 10. The summed E-state index contributed by atoms with van der Waals surface area (Å²) in [6.07, 6.45) is 0.0565. The van der Waals surface area contributed by atoms with Gasteiger partial charge in [-0.2, -0.15) is 0 Å². The number of likely N-dealkylation sites (N-methyl/N-ethyl adjacent to an activating group) is 1. The van der Waals surface area contributed by atoms with Gasteiger partial charge >= 0.3 is 0 Å². The summed E-state index contributed by atoms with van der Waals surface area (Å²) in [5, 5.41) is 26.1. The van der Waals surface area contributed by atoms with Gasteiger partial charge in [-0.25, -0.2) is 4.39 Å². The predicted octanol–water partition coefficient (Wildman–Crippen LogP) is 1.97. The van der Waals surface area contributed by atoms with Crippen LogP contribution in [0.2, 0.25) is 0 Å². The molecule has 0 bridgehead atoms. The van der Waals surface area contributed by atoms with Crippen LogP contribution in [0.25, 0.3) is 11.1 Å². The number of carbonyl (C=O) groups is 5. The first-order valence-corrected chi connectivity index (χ1v) is 15.6. The molecule has 0 aromatic heterocycles. The summed E-state index contributed by atoms with van der Waals surface area (Å²) in [6, 6.07) is 13.6. The number of nitrogens with zero attached hydrogens (tertiary/aromatic N) is 1. The van der Waals surface area contributed by atoms with E-state index in [4.69, 9.17) is 10.5 Å². The Hall–Kier alpha value is -4.78. The molecule has 3 aromatic carbocycles. The summed E-state index contributed by atoms with van der Waals surface area (Å²) in [6.45, 7) is 0.846. The van der Waals surface area contributed by atoms with Crippen LogP contribution in [0.4, 0.5) is 4.39 Å². The second-order valence-corrected chi connectivity index (χ2v) is 13.0. The number of aliphatic hydroxyl groups is 1. The molecule has 11 nitrogen and oxygen atoms in total. The van der Waals surface area contributed by atoms with Gasteiger partial charge in [0.05, 0.1) is 24.6 Å². The fraction of sp³-hybridized carbons (Fsp3) is 0.361. The van der Waals surface area contributed by atoms with Gasteiger partial charge in [0.1, 0.15) is 17.3 Å². The minimum Gasteiger partial charge on any atom is -0.507 e. The average Bonchev–Trinajstić information content (AvgIpc) is 3.02. The zero-order chi connectivity index (χ0) is 34.7. The van der Waals surface area contributed by atoms with Crippen LogP contribution in [-0.2, 0) is 38.7 Å². The Morgan fingerprint density at radius 1 is 1.02 bits per heavy atom. The fourth-order valence-corrected chi connectivity index (χ4v) is 7.93. The maximum Gasteiger partial charge on any atom is 0.235 e. The Morgan fingerprint density at radius 3 is 2.38 bits per heavy atom. The lowest BCUT2D eigenvalue weighted by atomic mass is 9.52. The molecule has 1 amide bonds. The number of carbonyl (C=O) groups excluding carboxylic acids is 5. The van der Waals surface area contributed by atoms with Crippen LogP contribution in [-0.4, -0.2) is 77.0 Å². The number of benzene rings is 3. The molecule has 3 aromatic rings. The van der Waals surface area contributed by atoms with E-state index in [1.54, 1.807) is 18.2 Å². The van der Waals surface area contributed by atoms with Gasteiger partial charge < -0.3 is 26.0 Å². The maximum absolute atomic E-state index is 14.2. The Labute approximate surface area is 275 Å². The molecule has 3 aliphatic carbocycles. The molecule has 0 heterocycles. The van der Waals surface area contributed by atoms with E-state index in [1.165, 1.54) is 44.3 Å². The van der Waals surface area contributed by atoms with Crippen LogP contribution >= 0.6 is 0 Å². The first-order chi connectivity index (χ1) is 22.8. The van der Waals surface area contributed by atoms with Crippen molar-refractivity contribution in [3.8, 4) is 22.6 Å². The van der Waals surface area contributed by atoms with Crippen molar-refractivity contribution in [2.24, 2.45) is 29.4 Å². The van der Waals surface area contributed by atoms with Crippen molar-refractivity contribution in [1.29, 1.82) is 0 Å². The third kappa shape index (κ3) is 5.20. The topological polar surface area (TPSA) is 176 Å². The molecule has 250 valence electrons. The first kappa shape index (κ1) is 33.1. The van der Waals surface area contributed by atoms with Crippen LogP contribution in [0.1, 0.15) is 33.5 Å². The van der Waals surface area contributed by atoms with Crippen molar-refractivity contribution in [2.75, 3.05) is 21.2 Å². The number of rotatable bonds is 8. The number of nitrogens with one attached hydrogen (secondary N) is 1. The van der Waals surface area contributed by atoms with Crippen molar-refractivity contribution in [3.05, 3.63) is 82.7 Å². The summed E-state index contributed by atoms with van der Waals surface area (Å²) in [7, 11) is 4.58. The van der Waals surface area contributed by atoms with Crippen LogP contribution in [0.5, 0.6) is 11.5 Å². The largest absolute Gasteiger partial charge is 0.507 e. The van der Waals surface area contributed by atoms with Crippen molar-refractivity contribution in [1.82, 2.24) is 10.2 Å². The van der Waals surface area contributed by atoms with Gasteiger partial charge in [-0.15, -0.1) is 0 Å². The minimum atomic E-state index is -2.79. The summed E-state index contributed by atoms with van der Waals surface area (Å²) < 4.78 is 19.3. The number of fused-ring (bicyclic) bond motifs is 3. The maximum atomic E-state index is 14.2. The molecule has 0 saturated heterocycles. The number of methoxy groups -OCH3 is 1. The monoisotopic (exact) mass is 657 g/mol. The highest BCUT2D eigenvalue weighted by Gasteiger charge is 2.69. The third-order valence-electron chi connectivity index (χ3n) is 10.0. The molecule has 3 aliphatic rings.